The molecular formula is C38H30BN7. The highest BCUT2D eigenvalue weighted by Gasteiger charge is 2.28. The van der Waals surface area contributed by atoms with E-state index in [1.54, 1.807) is 0 Å². The van der Waals surface area contributed by atoms with Crippen LogP contribution in [0.2, 0.25) is 6.82 Å². The number of fused-ring (bicyclic) bond motifs is 15. The minimum absolute atomic E-state index is 0.206. The standard InChI is InChI=1S/C38H30BN7/c1-39(45(25-15-5-3-6-16-25)26-17-7-4-8-18-26)46-37-31-23-13-14-24-32(31)38(46)43-36-30-22-12-11-21-29(30)35(44(36)2)41-33-27-19-9-10-20-28(27)34(40-33)42-37/h3-24,40-41H,1-2H3. The van der Waals surface area contributed by atoms with E-state index in [0.717, 1.165) is 77.9 Å². The van der Waals surface area contributed by atoms with Crippen molar-refractivity contribution in [2.45, 2.75) is 6.82 Å². The molecule has 1 aliphatic heterocycles. The molecule has 0 aliphatic carbocycles. The lowest BCUT2D eigenvalue weighted by Gasteiger charge is -2.30. The molecule has 0 amide bonds. The number of para-hydroxylation sites is 2. The van der Waals surface area contributed by atoms with E-state index in [1.165, 1.54) is 0 Å². The largest absolute Gasteiger partial charge is 0.383 e. The van der Waals surface area contributed by atoms with E-state index in [-0.39, 0.29) is 6.98 Å². The summed E-state index contributed by atoms with van der Waals surface area (Å²) in [6.45, 7) is 2.03. The fraction of sp³-hybridized carbons (Fsp3) is 0.0526. The van der Waals surface area contributed by atoms with Gasteiger partial charge in [-0.05, 0) is 31.1 Å². The van der Waals surface area contributed by atoms with Crippen molar-refractivity contribution in [1.29, 1.82) is 0 Å². The molecule has 6 bridgehead atoms. The van der Waals surface area contributed by atoms with Gasteiger partial charge in [0.1, 0.15) is 34.2 Å². The molecule has 9 rings (SSSR count). The van der Waals surface area contributed by atoms with E-state index in [4.69, 9.17) is 9.98 Å². The van der Waals surface area contributed by atoms with Crippen LogP contribution in [0.4, 0.5) is 34.6 Å². The first-order valence-corrected chi connectivity index (χ1v) is 15.6. The van der Waals surface area contributed by atoms with Gasteiger partial charge in [-0.1, -0.05) is 109 Å². The molecule has 0 saturated carbocycles. The Balaban J connectivity index is 1.47. The molecule has 8 aromatic rings. The normalized spacial score (nSPS) is 12.2. The van der Waals surface area contributed by atoms with E-state index in [1.807, 2.05) is 0 Å². The predicted molar refractivity (Wildman–Crippen MR) is 190 cm³/mol. The molecule has 7 nitrogen and oxygen atoms in total. The zero-order valence-electron chi connectivity index (χ0n) is 25.5. The van der Waals surface area contributed by atoms with Crippen molar-refractivity contribution in [1.82, 2.24) is 14.0 Å². The molecule has 0 spiro atoms. The van der Waals surface area contributed by atoms with Crippen LogP contribution in [-0.2, 0) is 7.05 Å². The second kappa shape index (κ2) is 10.3. The first-order chi connectivity index (χ1) is 22.7. The Bertz CT molecular complexity index is 2510. The van der Waals surface area contributed by atoms with Crippen LogP contribution in [-0.4, -0.2) is 21.0 Å². The molecule has 2 N–H and O–H groups in total. The number of H-pyrrole nitrogens is 1. The maximum absolute atomic E-state index is 5.56. The third-order valence-electron chi connectivity index (χ3n) is 9.13. The molecule has 0 unspecified atom stereocenters. The van der Waals surface area contributed by atoms with Gasteiger partial charge in [0.15, 0.2) is 0 Å². The summed E-state index contributed by atoms with van der Waals surface area (Å²) in [5.41, 5.74) is 3.87. The van der Waals surface area contributed by atoms with Gasteiger partial charge in [0.25, 0.3) is 0 Å². The Morgan fingerprint density at radius 1 is 0.565 bits per heavy atom. The van der Waals surface area contributed by atoms with Crippen LogP contribution in [0.5, 0.6) is 0 Å². The number of aromatic nitrogens is 3. The SMILES string of the molecule is CB(N(c1ccccc1)c1ccccc1)n1c2c3ccccc3c1=Nc1c3ccccc3c(n1C)Nc1[nH]c(c3ccccc13)N=2. The van der Waals surface area contributed by atoms with E-state index < -0.39 is 0 Å². The summed E-state index contributed by atoms with van der Waals surface area (Å²) in [6.07, 6.45) is 0. The fourth-order valence-corrected chi connectivity index (χ4v) is 7.00. The number of aromatic amines is 1. The molecular weight excluding hydrogens is 565 g/mol. The monoisotopic (exact) mass is 595 g/mol. The van der Waals surface area contributed by atoms with Crippen molar-refractivity contribution in [2.24, 2.45) is 17.0 Å². The lowest BCUT2D eigenvalue weighted by molar-refractivity contribution is 0.910. The Labute approximate surface area is 265 Å². The molecule has 5 aromatic carbocycles. The summed E-state index contributed by atoms with van der Waals surface area (Å²) in [7, 11) is 2.09. The molecule has 0 fully saturated rings. The van der Waals surface area contributed by atoms with Crippen LogP contribution < -0.4 is 21.1 Å². The van der Waals surface area contributed by atoms with Crippen LogP contribution in [0.3, 0.4) is 0 Å². The van der Waals surface area contributed by atoms with Gasteiger partial charge >= 0.3 is 6.98 Å². The van der Waals surface area contributed by atoms with Crippen LogP contribution >= 0.6 is 0 Å². The first kappa shape index (κ1) is 26.4. The van der Waals surface area contributed by atoms with E-state index in [2.05, 4.69) is 171 Å². The highest BCUT2D eigenvalue weighted by Crippen LogP contribution is 2.40. The van der Waals surface area contributed by atoms with Gasteiger partial charge in [0, 0.05) is 50.7 Å². The van der Waals surface area contributed by atoms with E-state index in [9.17, 15) is 0 Å². The number of anilines is 4. The lowest BCUT2D eigenvalue weighted by Crippen LogP contribution is -2.49. The van der Waals surface area contributed by atoms with E-state index >= 15 is 0 Å². The van der Waals surface area contributed by atoms with Crippen molar-refractivity contribution in [3.63, 3.8) is 0 Å². The van der Waals surface area contributed by atoms with Gasteiger partial charge < -0.3 is 24.2 Å². The molecule has 0 saturated heterocycles. The Morgan fingerprint density at radius 3 is 1.70 bits per heavy atom. The lowest BCUT2D eigenvalue weighted by atomic mass is 9.75. The van der Waals surface area contributed by atoms with Gasteiger partial charge in [0.2, 0.25) is 0 Å². The smallest absolute Gasteiger partial charge is 0.366 e. The van der Waals surface area contributed by atoms with E-state index in [0.29, 0.717) is 0 Å². The highest BCUT2D eigenvalue weighted by atomic mass is 15.2. The topological polar surface area (TPSA) is 65.6 Å². The van der Waals surface area contributed by atoms with Crippen LogP contribution in [0, 0.1) is 0 Å². The van der Waals surface area contributed by atoms with Crippen molar-refractivity contribution in [3.8, 4) is 0 Å². The minimum Gasteiger partial charge on any atom is -0.366 e. The number of nitrogens with zero attached hydrogens (tertiary/aromatic N) is 5. The zero-order valence-corrected chi connectivity index (χ0v) is 25.5. The Kier molecular flexibility index (Phi) is 5.90. The van der Waals surface area contributed by atoms with Gasteiger partial charge in [-0.15, -0.1) is 0 Å². The fourth-order valence-electron chi connectivity index (χ4n) is 7.00. The van der Waals surface area contributed by atoms with Crippen molar-refractivity contribution < 1.29 is 0 Å². The summed E-state index contributed by atoms with van der Waals surface area (Å²) < 4.78 is 4.47. The van der Waals surface area contributed by atoms with Crippen LogP contribution in [0.25, 0.3) is 32.3 Å². The van der Waals surface area contributed by atoms with Crippen molar-refractivity contribution >= 4 is 73.9 Å². The van der Waals surface area contributed by atoms with Gasteiger partial charge in [-0.2, -0.15) is 0 Å². The average Bonchev–Trinajstić information content (AvgIpc) is 3.70. The Hall–Kier alpha value is -6.02. The molecule has 8 heteroatoms. The second-order valence-corrected chi connectivity index (χ2v) is 11.8. The molecule has 0 radical (unpaired) electrons. The highest BCUT2D eigenvalue weighted by molar-refractivity contribution is 6.62. The van der Waals surface area contributed by atoms with Crippen LogP contribution in [0.15, 0.2) is 143 Å². The van der Waals surface area contributed by atoms with Crippen molar-refractivity contribution in [2.75, 3.05) is 10.1 Å². The summed E-state index contributed by atoms with van der Waals surface area (Å²) >= 11 is 0. The average molecular weight is 596 g/mol. The summed E-state index contributed by atoms with van der Waals surface area (Å²) in [5, 5.41) is 10.1. The molecule has 220 valence electrons. The Morgan fingerprint density at radius 2 is 1.07 bits per heavy atom. The second-order valence-electron chi connectivity index (χ2n) is 11.8. The third kappa shape index (κ3) is 3.93. The molecule has 4 heterocycles. The number of hydrogen-bond acceptors (Lipinski definition) is 4. The zero-order chi connectivity index (χ0) is 30.8. The summed E-state index contributed by atoms with van der Waals surface area (Å²) in [5.74, 6) is 3.55. The maximum atomic E-state index is 5.56. The first-order valence-electron chi connectivity index (χ1n) is 15.6. The van der Waals surface area contributed by atoms with Crippen LogP contribution in [0.1, 0.15) is 0 Å². The van der Waals surface area contributed by atoms with Crippen molar-refractivity contribution in [3.05, 3.63) is 144 Å². The molecule has 46 heavy (non-hydrogen) atoms. The number of rotatable bonds is 4. The number of nitrogens with one attached hydrogen (secondary N) is 2. The molecule has 3 aromatic heterocycles. The summed E-state index contributed by atoms with van der Waals surface area (Å²) in [6, 6.07) is 46.5. The summed E-state index contributed by atoms with van der Waals surface area (Å²) in [4.78, 5) is 17.1. The molecule has 1 aliphatic rings. The van der Waals surface area contributed by atoms with Gasteiger partial charge in [-0.25, -0.2) is 9.98 Å². The van der Waals surface area contributed by atoms with Gasteiger partial charge in [-0.3, -0.25) is 0 Å². The quantitative estimate of drug-likeness (QED) is 0.201. The maximum Gasteiger partial charge on any atom is 0.383 e. The number of hydrogen-bond donors (Lipinski definition) is 2. The minimum atomic E-state index is -0.206. The predicted octanol–water partition coefficient (Wildman–Crippen LogP) is 8.38. The van der Waals surface area contributed by atoms with Gasteiger partial charge in [0.05, 0.1) is 0 Å². The number of benzene rings is 5. The molecule has 0 atom stereocenters. The third-order valence-corrected chi connectivity index (χ3v) is 9.13.